The maximum absolute atomic E-state index is 5.03. The van der Waals surface area contributed by atoms with Crippen LogP contribution in [-0.2, 0) is 13.1 Å². The van der Waals surface area contributed by atoms with Gasteiger partial charge in [-0.05, 0) is 36.0 Å². The average molecular weight is 284 g/mol. The molecule has 3 aromatic rings. The summed E-state index contributed by atoms with van der Waals surface area (Å²) >= 11 is 0. The minimum absolute atomic E-state index is 0.603. The van der Waals surface area contributed by atoms with Gasteiger partial charge in [-0.1, -0.05) is 24.2 Å². The van der Waals surface area contributed by atoms with Crippen molar-refractivity contribution in [2.45, 2.75) is 33.4 Å². The first-order valence-electron chi connectivity index (χ1n) is 7.34. The lowest BCUT2D eigenvalue weighted by atomic mass is 10.1. The van der Waals surface area contributed by atoms with Crippen molar-refractivity contribution in [1.29, 1.82) is 0 Å². The molecule has 0 atom stereocenters. The molecule has 3 rings (SSSR count). The molecule has 21 heavy (non-hydrogen) atoms. The molecule has 0 saturated heterocycles. The lowest BCUT2D eigenvalue weighted by molar-refractivity contribution is 0.386. The molecule has 0 fully saturated rings. The molecule has 1 N–H and O–H groups in total. The van der Waals surface area contributed by atoms with Crippen molar-refractivity contribution in [3.63, 3.8) is 0 Å². The third kappa shape index (κ3) is 3.13. The van der Waals surface area contributed by atoms with E-state index in [4.69, 9.17) is 4.52 Å². The Morgan fingerprint density at radius 3 is 2.95 bits per heavy atom. The van der Waals surface area contributed by atoms with Crippen LogP contribution in [0.25, 0.3) is 10.9 Å². The van der Waals surface area contributed by atoms with Crippen molar-refractivity contribution in [3.8, 4) is 0 Å². The second-order valence-electron chi connectivity index (χ2n) is 5.24. The minimum Gasteiger partial charge on any atom is -0.340 e. The molecule has 0 saturated carbocycles. The maximum atomic E-state index is 5.03. The molecule has 5 nitrogen and oxygen atoms in total. The Morgan fingerprint density at radius 2 is 2.19 bits per heavy atom. The molecule has 0 bridgehead atoms. The van der Waals surface area contributed by atoms with Gasteiger partial charge in [0.2, 0.25) is 5.89 Å². The lowest BCUT2D eigenvalue weighted by Crippen LogP contribution is -2.13. The third-order valence-corrected chi connectivity index (χ3v) is 3.48. The van der Waals surface area contributed by atoms with Crippen LogP contribution in [-0.4, -0.2) is 21.3 Å². The molecule has 0 unspecified atom stereocenters. The fourth-order valence-corrected chi connectivity index (χ4v) is 2.44. The fraction of sp³-hybridized carbons (Fsp3) is 0.375. The molecular weight excluding hydrogens is 264 g/mol. The Hall–Kier alpha value is -2.14. The molecular formula is C16H20N4O. The van der Waals surface area contributed by atoms with Gasteiger partial charge in [-0.25, -0.2) is 0 Å². The highest BCUT2D eigenvalue weighted by Crippen LogP contribution is 2.18. The fourth-order valence-electron chi connectivity index (χ4n) is 2.44. The van der Waals surface area contributed by atoms with Gasteiger partial charge in [0.25, 0.3) is 0 Å². The Kier molecular flexibility index (Phi) is 4.01. The molecule has 0 amide bonds. The number of rotatable bonds is 6. The second kappa shape index (κ2) is 6.10. The zero-order valence-electron chi connectivity index (χ0n) is 12.5. The first-order chi connectivity index (χ1) is 10.3. The van der Waals surface area contributed by atoms with Crippen LogP contribution in [0.3, 0.4) is 0 Å². The molecule has 0 spiro atoms. The molecule has 0 aliphatic carbocycles. The Bertz CT molecular complexity index is 729. The zero-order chi connectivity index (χ0) is 14.7. The van der Waals surface area contributed by atoms with E-state index in [0.29, 0.717) is 18.3 Å². The average Bonchev–Trinajstić information content (AvgIpc) is 3.07. The van der Waals surface area contributed by atoms with Crippen molar-refractivity contribution in [1.82, 2.24) is 20.0 Å². The molecule has 110 valence electrons. The van der Waals surface area contributed by atoms with E-state index in [1.165, 1.54) is 16.5 Å². The number of aryl methyl sites for hydroxylation is 1. The van der Waals surface area contributed by atoms with Gasteiger partial charge in [-0.3, -0.25) is 0 Å². The van der Waals surface area contributed by atoms with E-state index in [-0.39, 0.29) is 0 Å². The van der Waals surface area contributed by atoms with Crippen molar-refractivity contribution >= 4 is 10.9 Å². The van der Waals surface area contributed by atoms with E-state index >= 15 is 0 Å². The minimum atomic E-state index is 0.603. The third-order valence-electron chi connectivity index (χ3n) is 3.48. The number of benzene rings is 1. The zero-order valence-corrected chi connectivity index (χ0v) is 12.5. The summed E-state index contributed by atoms with van der Waals surface area (Å²) < 4.78 is 7.19. The van der Waals surface area contributed by atoms with Crippen LogP contribution in [0.2, 0.25) is 0 Å². The highest BCUT2D eigenvalue weighted by molar-refractivity contribution is 5.80. The maximum Gasteiger partial charge on any atom is 0.223 e. The van der Waals surface area contributed by atoms with Gasteiger partial charge in [0.1, 0.15) is 0 Å². The Morgan fingerprint density at radius 1 is 1.29 bits per heavy atom. The SMILES string of the molecule is CCCNCc1ccc2ccn(Cc3noc(C)n3)c2c1. The van der Waals surface area contributed by atoms with E-state index in [0.717, 1.165) is 19.5 Å². The molecule has 5 heteroatoms. The number of hydrogen-bond donors (Lipinski definition) is 1. The molecule has 0 aliphatic heterocycles. The van der Waals surface area contributed by atoms with E-state index in [2.05, 4.69) is 57.4 Å². The summed E-state index contributed by atoms with van der Waals surface area (Å²) in [5, 5.41) is 8.62. The first-order valence-corrected chi connectivity index (χ1v) is 7.34. The monoisotopic (exact) mass is 284 g/mol. The summed E-state index contributed by atoms with van der Waals surface area (Å²) in [6.07, 6.45) is 3.22. The van der Waals surface area contributed by atoms with E-state index in [1.54, 1.807) is 0 Å². The standard InChI is InChI=1S/C16H20N4O/c1-3-7-17-10-13-4-5-14-6-8-20(15(14)9-13)11-16-18-12(2)21-19-16/h4-6,8-9,17H,3,7,10-11H2,1-2H3. The summed E-state index contributed by atoms with van der Waals surface area (Å²) in [4.78, 5) is 4.26. The number of nitrogens with zero attached hydrogens (tertiary/aromatic N) is 3. The lowest BCUT2D eigenvalue weighted by Gasteiger charge is -2.06. The summed E-state index contributed by atoms with van der Waals surface area (Å²) in [5.41, 5.74) is 2.49. The summed E-state index contributed by atoms with van der Waals surface area (Å²) in [7, 11) is 0. The number of fused-ring (bicyclic) bond motifs is 1. The van der Waals surface area contributed by atoms with Gasteiger partial charge in [0.15, 0.2) is 5.82 Å². The Balaban J connectivity index is 1.83. The van der Waals surface area contributed by atoms with Crippen LogP contribution in [0, 0.1) is 6.92 Å². The number of aromatic nitrogens is 3. The molecule has 2 aromatic heterocycles. The van der Waals surface area contributed by atoms with Crippen molar-refractivity contribution in [3.05, 3.63) is 47.7 Å². The van der Waals surface area contributed by atoms with Crippen molar-refractivity contribution < 1.29 is 4.52 Å². The van der Waals surface area contributed by atoms with E-state index in [1.807, 2.05) is 6.92 Å². The second-order valence-corrected chi connectivity index (χ2v) is 5.24. The summed E-state index contributed by atoms with van der Waals surface area (Å²) in [6.45, 7) is 6.56. The van der Waals surface area contributed by atoms with Gasteiger partial charge < -0.3 is 14.4 Å². The highest BCUT2D eigenvalue weighted by atomic mass is 16.5. The van der Waals surface area contributed by atoms with Gasteiger partial charge in [0, 0.05) is 25.2 Å². The van der Waals surface area contributed by atoms with Crippen LogP contribution < -0.4 is 5.32 Å². The van der Waals surface area contributed by atoms with Gasteiger partial charge in [0.05, 0.1) is 6.54 Å². The van der Waals surface area contributed by atoms with Crippen molar-refractivity contribution in [2.75, 3.05) is 6.54 Å². The van der Waals surface area contributed by atoms with E-state index in [9.17, 15) is 0 Å². The van der Waals surface area contributed by atoms with Crippen molar-refractivity contribution in [2.24, 2.45) is 0 Å². The summed E-state index contributed by atoms with van der Waals surface area (Å²) in [6, 6.07) is 8.68. The normalized spacial score (nSPS) is 11.3. The van der Waals surface area contributed by atoms with Gasteiger partial charge in [-0.15, -0.1) is 0 Å². The van der Waals surface area contributed by atoms with E-state index < -0.39 is 0 Å². The van der Waals surface area contributed by atoms with Crippen LogP contribution in [0.15, 0.2) is 35.0 Å². The van der Waals surface area contributed by atoms with Crippen LogP contribution in [0.1, 0.15) is 30.6 Å². The topological polar surface area (TPSA) is 55.9 Å². The molecule has 2 heterocycles. The predicted molar refractivity (Wildman–Crippen MR) is 82.1 cm³/mol. The number of nitrogens with one attached hydrogen (secondary N) is 1. The van der Waals surface area contributed by atoms with Gasteiger partial charge in [-0.2, -0.15) is 4.98 Å². The van der Waals surface area contributed by atoms with Crippen LogP contribution >= 0.6 is 0 Å². The largest absolute Gasteiger partial charge is 0.340 e. The smallest absolute Gasteiger partial charge is 0.223 e. The van der Waals surface area contributed by atoms with Gasteiger partial charge >= 0.3 is 0 Å². The molecule has 1 aromatic carbocycles. The number of hydrogen-bond acceptors (Lipinski definition) is 4. The van der Waals surface area contributed by atoms with Crippen LogP contribution in [0.5, 0.6) is 0 Å². The van der Waals surface area contributed by atoms with Crippen LogP contribution in [0.4, 0.5) is 0 Å². The summed E-state index contributed by atoms with van der Waals surface area (Å²) in [5.74, 6) is 1.31. The Labute approximate surface area is 124 Å². The highest BCUT2D eigenvalue weighted by Gasteiger charge is 2.07. The molecule has 0 radical (unpaired) electrons. The first kappa shape index (κ1) is 13.8. The predicted octanol–water partition coefficient (Wildman–Crippen LogP) is 2.88. The molecule has 0 aliphatic rings. The quantitative estimate of drug-likeness (QED) is 0.707.